The van der Waals surface area contributed by atoms with E-state index in [1.54, 1.807) is 45.0 Å². The maximum atomic E-state index is 13.4. The van der Waals surface area contributed by atoms with Gasteiger partial charge in [0.05, 0.1) is 5.75 Å². The third-order valence-electron chi connectivity index (χ3n) is 7.90. The van der Waals surface area contributed by atoms with Crippen molar-refractivity contribution in [1.82, 2.24) is 25.8 Å². The molecule has 52 heavy (non-hydrogen) atoms. The summed E-state index contributed by atoms with van der Waals surface area (Å²) in [6, 6.07) is 3.53. The minimum atomic E-state index is -4.25. The van der Waals surface area contributed by atoms with Crippen molar-refractivity contribution in [3.8, 4) is 0 Å². The molecule has 1 aliphatic rings. The van der Waals surface area contributed by atoms with Crippen molar-refractivity contribution in [3.05, 3.63) is 42.0 Å². The van der Waals surface area contributed by atoms with E-state index in [1.165, 1.54) is 12.2 Å². The second-order valence-corrected chi connectivity index (χ2v) is 13.9. The predicted octanol–water partition coefficient (Wildman–Crippen LogP) is 1.03. The van der Waals surface area contributed by atoms with Crippen LogP contribution in [0.2, 0.25) is 0 Å². The van der Waals surface area contributed by atoms with Crippen molar-refractivity contribution >= 4 is 57.5 Å². The zero-order valence-corrected chi connectivity index (χ0v) is 30.4. The van der Waals surface area contributed by atoms with Crippen LogP contribution in [0.5, 0.6) is 0 Å². The molecule has 2 atom stereocenters. The van der Waals surface area contributed by atoms with Crippen molar-refractivity contribution < 1.29 is 51.3 Å². The Balaban J connectivity index is 1.96. The number of nitrogens with one attached hydrogen (secondary N) is 4. The number of urea groups is 1. The summed E-state index contributed by atoms with van der Waals surface area (Å²) in [5.41, 5.74) is 6.05. The number of hydrogen-bond acceptors (Lipinski definition) is 10. The Morgan fingerprint density at radius 3 is 2.17 bits per heavy atom. The lowest BCUT2D eigenvalue weighted by Crippen LogP contribution is -2.54. The predicted molar refractivity (Wildman–Crippen MR) is 189 cm³/mol. The molecule has 0 unspecified atom stereocenters. The number of anilines is 1. The first-order valence-corrected chi connectivity index (χ1v) is 18.5. The Labute approximate surface area is 303 Å². The summed E-state index contributed by atoms with van der Waals surface area (Å²) in [5.74, 6) is -3.21. The summed E-state index contributed by atoms with van der Waals surface area (Å²) < 4.78 is 36.2. The molecular weight excluding hydrogens is 702 g/mol. The molecule has 0 bridgehead atoms. The number of unbranched alkanes of at least 4 members (excludes halogenated alkanes) is 2. The normalized spacial score (nSPS) is 13.8. The number of nitrogens with zero attached hydrogens (tertiary/aromatic N) is 2. The summed E-state index contributed by atoms with van der Waals surface area (Å²) in [4.78, 5) is 88.5. The molecule has 0 aliphatic carbocycles. The molecule has 1 aromatic carbocycles. The quantitative estimate of drug-likeness (QED) is 0.0554. The topological polar surface area (TPSA) is 264 Å². The fourth-order valence-electron chi connectivity index (χ4n) is 4.97. The number of imide groups is 1. The van der Waals surface area contributed by atoms with Crippen LogP contribution in [0, 0.1) is 5.92 Å². The molecule has 1 aliphatic heterocycles. The number of hydrogen-bond donors (Lipinski definition) is 6. The SMILES string of the molecule is CCN(CCS(=O)(=O)O)C(=O)OCc1ccc(NC(=O)[C@H](CCCNC(N)=O)NC(=O)[C@@H](NC(=O)CCCCCN2C(=O)C=CC2=O)C(C)C)cc1. The molecule has 1 heterocycles. The van der Waals surface area contributed by atoms with E-state index >= 15 is 0 Å². The van der Waals surface area contributed by atoms with Gasteiger partial charge in [-0.1, -0.05) is 32.4 Å². The average molecular weight is 752 g/mol. The van der Waals surface area contributed by atoms with Gasteiger partial charge in [0.1, 0.15) is 18.7 Å². The van der Waals surface area contributed by atoms with Crippen molar-refractivity contribution in [1.29, 1.82) is 0 Å². The standard InChI is InChI=1S/C33H49N7O11S/c1-4-39(19-20-52(48,49)50)33(47)51-21-23-11-13-24(14-12-23)36-30(44)25(9-8-17-35-32(34)46)37-31(45)29(22(2)3)38-26(41)10-6-5-7-18-40-27(42)15-16-28(40)43/h11-16,22,25,29H,4-10,17-21H2,1-3H3,(H,36,44)(H,37,45)(H,38,41)(H3,34,35,46)(H,48,49,50)/t25-,29-/m0/s1. The Morgan fingerprint density at radius 1 is 0.942 bits per heavy atom. The minimum absolute atomic E-state index is 0.111. The second kappa shape index (κ2) is 21.4. The van der Waals surface area contributed by atoms with Crippen LogP contribution >= 0.6 is 0 Å². The maximum absolute atomic E-state index is 13.4. The fraction of sp³-hybridized carbons (Fsp3) is 0.545. The van der Waals surface area contributed by atoms with Gasteiger partial charge in [-0.3, -0.25) is 33.4 Å². The molecule has 288 valence electrons. The largest absolute Gasteiger partial charge is 0.445 e. The van der Waals surface area contributed by atoms with E-state index in [0.29, 0.717) is 30.5 Å². The molecule has 1 aromatic rings. The number of ether oxygens (including phenoxy) is 1. The third kappa shape index (κ3) is 15.9. The van der Waals surface area contributed by atoms with E-state index in [0.717, 1.165) is 9.80 Å². The summed E-state index contributed by atoms with van der Waals surface area (Å²) in [7, 11) is -4.25. The van der Waals surface area contributed by atoms with Crippen molar-refractivity contribution in [2.45, 2.75) is 78.0 Å². The number of carbonyl (C=O) groups excluding carboxylic acids is 7. The van der Waals surface area contributed by atoms with Crippen molar-refractivity contribution in [2.24, 2.45) is 11.7 Å². The van der Waals surface area contributed by atoms with E-state index in [4.69, 9.17) is 15.0 Å². The van der Waals surface area contributed by atoms with Crippen molar-refractivity contribution in [2.75, 3.05) is 37.2 Å². The van der Waals surface area contributed by atoms with Crippen LogP contribution in [0.4, 0.5) is 15.3 Å². The van der Waals surface area contributed by atoms with Gasteiger partial charge in [-0.25, -0.2) is 9.59 Å². The Hall–Kier alpha value is -5.04. The molecule has 0 fully saturated rings. The zero-order valence-electron chi connectivity index (χ0n) is 29.6. The fourth-order valence-corrected chi connectivity index (χ4v) is 5.42. The van der Waals surface area contributed by atoms with Crippen LogP contribution in [0.1, 0.15) is 64.9 Å². The van der Waals surface area contributed by atoms with Crippen LogP contribution in [0.3, 0.4) is 0 Å². The van der Waals surface area contributed by atoms with Gasteiger partial charge >= 0.3 is 12.1 Å². The number of rotatable bonds is 22. The van der Waals surface area contributed by atoms with Gasteiger partial charge in [-0.15, -0.1) is 0 Å². The summed E-state index contributed by atoms with van der Waals surface area (Å²) in [6.07, 6.45) is 3.74. The maximum Gasteiger partial charge on any atom is 0.410 e. The van der Waals surface area contributed by atoms with E-state index in [-0.39, 0.29) is 75.7 Å². The van der Waals surface area contributed by atoms with Crippen LogP contribution in [0.15, 0.2) is 36.4 Å². The lowest BCUT2D eigenvalue weighted by atomic mass is 10.0. The molecule has 8 amide bonds. The number of primary amides is 1. The van der Waals surface area contributed by atoms with Gasteiger partial charge in [-0.05, 0) is 56.2 Å². The van der Waals surface area contributed by atoms with E-state index in [1.807, 2.05) is 0 Å². The summed E-state index contributed by atoms with van der Waals surface area (Å²) in [5, 5.41) is 10.6. The Kier molecular flexibility index (Phi) is 17.7. The molecule has 0 aromatic heterocycles. The number of carbonyl (C=O) groups is 7. The van der Waals surface area contributed by atoms with Crippen LogP contribution < -0.4 is 27.0 Å². The van der Waals surface area contributed by atoms with Gasteiger partial charge in [0.25, 0.3) is 21.9 Å². The molecule has 7 N–H and O–H groups in total. The lowest BCUT2D eigenvalue weighted by Gasteiger charge is -2.25. The van der Waals surface area contributed by atoms with Crippen molar-refractivity contribution in [3.63, 3.8) is 0 Å². The van der Waals surface area contributed by atoms with Gasteiger partial charge in [0.15, 0.2) is 0 Å². The molecule has 0 radical (unpaired) electrons. The zero-order chi connectivity index (χ0) is 38.8. The molecule has 0 saturated carbocycles. The Morgan fingerprint density at radius 2 is 1.60 bits per heavy atom. The first kappa shape index (κ1) is 43.1. The van der Waals surface area contributed by atoms with Crippen LogP contribution in [0.25, 0.3) is 0 Å². The summed E-state index contributed by atoms with van der Waals surface area (Å²) in [6.45, 7) is 5.28. The molecule has 2 rings (SSSR count). The second-order valence-electron chi connectivity index (χ2n) is 12.4. The van der Waals surface area contributed by atoms with Gasteiger partial charge < -0.3 is 36.6 Å². The average Bonchev–Trinajstić information content (AvgIpc) is 3.39. The smallest absolute Gasteiger partial charge is 0.410 e. The first-order chi connectivity index (χ1) is 24.5. The minimum Gasteiger partial charge on any atom is -0.445 e. The number of amides is 8. The van der Waals surface area contributed by atoms with Gasteiger partial charge in [0.2, 0.25) is 17.7 Å². The third-order valence-corrected chi connectivity index (χ3v) is 8.59. The monoisotopic (exact) mass is 751 g/mol. The molecule has 0 spiro atoms. The van der Waals surface area contributed by atoms with E-state index in [2.05, 4.69) is 21.3 Å². The first-order valence-electron chi connectivity index (χ1n) is 16.9. The molecule has 19 heteroatoms. The number of benzene rings is 1. The van der Waals surface area contributed by atoms with Crippen LogP contribution in [-0.4, -0.2) is 108 Å². The molecular formula is C33H49N7O11S. The highest BCUT2D eigenvalue weighted by atomic mass is 32.2. The molecule has 18 nitrogen and oxygen atoms in total. The number of nitrogens with two attached hydrogens (primary N) is 1. The van der Waals surface area contributed by atoms with E-state index in [9.17, 15) is 42.0 Å². The highest BCUT2D eigenvalue weighted by molar-refractivity contribution is 7.85. The molecule has 0 saturated heterocycles. The van der Waals surface area contributed by atoms with Crippen LogP contribution in [-0.2, 0) is 45.4 Å². The highest BCUT2D eigenvalue weighted by Gasteiger charge is 2.29. The highest BCUT2D eigenvalue weighted by Crippen LogP contribution is 2.14. The summed E-state index contributed by atoms with van der Waals surface area (Å²) >= 11 is 0. The van der Waals surface area contributed by atoms with E-state index < -0.39 is 51.9 Å². The van der Waals surface area contributed by atoms with Gasteiger partial charge in [0, 0.05) is 50.4 Å². The van der Waals surface area contributed by atoms with Gasteiger partial charge in [-0.2, -0.15) is 8.42 Å². The lowest BCUT2D eigenvalue weighted by molar-refractivity contribution is -0.137. The Bertz CT molecular complexity index is 1550.